The van der Waals surface area contributed by atoms with Crippen LogP contribution in [0.4, 0.5) is 5.95 Å². The van der Waals surface area contributed by atoms with Crippen molar-refractivity contribution in [2.75, 3.05) is 37.0 Å². The first-order valence-electron chi connectivity index (χ1n) is 9.77. The van der Waals surface area contributed by atoms with Gasteiger partial charge in [0.1, 0.15) is 0 Å². The second-order valence-electron chi connectivity index (χ2n) is 6.91. The maximum absolute atomic E-state index is 12.2. The van der Waals surface area contributed by atoms with Gasteiger partial charge in [-0.2, -0.15) is 0 Å². The number of thiophene rings is 1. The van der Waals surface area contributed by atoms with E-state index in [2.05, 4.69) is 50.9 Å². The third-order valence-corrected chi connectivity index (χ3v) is 6.70. The number of morpholine rings is 1. The van der Waals surface area contributed by atoms with Gasteiger partial charge in [0.2, 0.25) is 5.95 Å². The van der Waals surface area contributed by atoms with Crippen molar-refractivity contribution in [3.63, 3.8) is 0 Å². The molecule has 3 aromatic rings. The lowest BCUT2D eigenvalue weighted by Crippen LogP contribution is -2.37. The predicted octanol–water partition coefficient (Wildman–Crippen LogP) is 4.23. The Morgan fingerprint density at radius 1 is 1.17 bits per heavy atom. The van der Waals surface area contributed by atoms with Crippen LogP contribution < -0.4 is 4.90 Å². The smallest absolute Gasteiger partial charge is 0.232 e. The van der Waals surface area contributed by atoms with Crippen LogP contribution in [0.1, 0.15) is 28.1 Å². The summed E-state index contributed by atoms with van der Waals surface area (Å²) < 4.78 is 7.61. The first-order chi connectivity index (χ1) is 14.2. The molecule has 1 fully saturated rings. The number of carbonyl (C=O) groups is 1. The molecule has 6 nitrogen and oxygen atoms in total. The Balaban J connectivity index is 1.47. The van der Waals surface area contributed by atoms with Crippen LogP contribution in [0.5, 0.6) is 0 Å². The highest BCUT2D eigenvalue weighted by Crippen LogP contribution is 2.28. The zero-order valence-electron chi connectivity index (χ0n) is 16.4. The molecule has 0 spiro atoms. The zero-order valence-corrected chi connectivity index (χ0v) is 18.0. The molecule has 29 heavy (non-hydrogen) atoms. The highest BCUT2D eigenvalue weighted by molar-refractivity contribution is 7.99. The van der Waals surface area contributed by atoms with Gasteiger partial charge in [0.25, 0.3) is 0 Å². The lowest BCUT2D eigenvalue weighted by atomic mass is 10.2. The lowest BCUT2D eigenvalue weighted by molar-refractivity contribution is 0.0986. The molecular formula is C21H24N4O2S2. The number of Topliss-reactive ketones (excluding diaryl/α,β-unsaturated/α-hetero) is 1. The predicted molar refractivity (Wildman–Crippen MR) is 118 cm³/mol. The van der Waals surface area contributed by atoms with Gasteiger partial charge in [-0.1, -0.05) is 35.5 Å². The van der Waals surface area contributed by atoms with Crippen molar-refractivity contribution in [2.24, 2.45) is 0 Å². The fourth-order valence-electron chi connectivity index (χ4n) is 3.20. The standard InChI is InChI=1S/C21H24N4O2S2/c1-16-6-8-17(9-7-16)25-20(24-10-12-27-13-11-24)22-23-21(25)29-15-2-4-18(26)19-5-3-14-28-19/h3,5-9,14H,2,4,10-13,15H2,1H3. The van der Waals surface area contributed by atoms with E-state index < -0.39 is 0 Å². The number of anilines is 1. The Hall–Kier alpha value is -2.16. The SMILES string of the molecule is Cc1ccc(-n2c(SCCCC(=O)c3cccs3)nnc2N2CCOCC2)cc1. The number of ketones is 1. The second kappa shape index (κ2) is 9.56. The van der Waals surface area contributed by atoms with Crippen LogP contribution in [0.2, 0.25) is 0 Å². The van der Waals surface area contributed by atoms with E-state index in [1.807, 2.05) is 17.5 Å². The monoisotopic (exact) mass is 428 g/mol. The van der Waals surface area contributed by atoms with E-state index >= 15 is 0 Å². The van der Waals surface area contributed by atoms with Gasteiger partial charge < -0.3 is 9.64 Å². The molecule has 0 amide bonds. The number of benzene rings is 1. The molecule has 1 saturated heterocycles. The lowest BCUT2D eigenvalue weighted by Gasteiger charge is -2.28. The molecule has 0 atom stereocenters. The van der Waals surface area contributed by atoms with Gasteiger partial charge in [0.05, 0.1) is 23.8 Å². The van der Waals surface area contributed by atoms with E-state index in [9.17, 15) is 4.79 Å². The number of aromatic nitrogens is 3. The van der Waals surface area contributed by atoms with Gasteiger partial charge in [-0.25, -0.2) is 0 Å². The Labute approximate surface area is 178 Å². The summed E-state index contributed by atoms with van der Waals surface area (Å²) in [7, 11) is 0. The molecule has 1 aliphatic rings. The van der Waals surface area contributed by atoms with Crippen LogP contribution in [0.15, 0.2) is 46.9 Å². The largest absolute Gasteiger partial charge is 0.378 e. The normalized spacial score (nSPS) is 14.3. The summed E-state index contributed by atoms with van der Waals surface area (Å²) in [6, 6.07) is 12.2. The first-order valence-corrected chi connectivity index (χ1v) is 11.6. The molecule has 2 aromatic heterocycles. The van der Waals surface area contributed by atoms with Crippen LogP contribution in [0, 0.1) is 6.92 Å². The third kappa shape index (κ3) is 4.88. The van der Waals surface area contributed by atoms with E-state index in [1.54, 1.807) is 11.8 Å². The molecule has 152 valence electrons. The molecular weight excluding hydrogens is 404 g/mol. The summed E-state index contributed by atoms with van der Waals surface area (Å²) in [4.78, 5) is 15.3. The number of ether oxygens (including phenoxy) is 1. The first kappa shape index (κ1) is 20.1. The van der Waals surface area contributed by atoms with Crippen molar-refractivity contribution in [3.8, 4) is 5.69 Å². The molecule has 0 bridgehead atoms. The van der Waals surface area contributed by atoms with Crippen LogP contribution in [-0.4, -0.2) is 52.6 Å². The number of nitrogens with zero attached hydrogens (tertiary/aromatic N) is 4. The highest BCUT2D eigenvalue weighted by Gasteiger charge is 2.21. The van der Waals surface area contributed by atoms with Gasteiger partial charge in [-0.3, -0.25) is 9.36 Å². The minimum atomic E-state index is 0.217. The van der Waals surface area contributed by atoms with Crippen molar-refractivity contribution >= 4 is 34.8 Å². The van der Waals surface area contributed by atoms with E-state index in [0.717, 1.165) is 46.9 Å². The number of hydrogen-bond acceptors (Lipinski definition) is 7. The average Bonchev–Trinajstić information content (AvgIpc) is 3.43. The van der Waals surface area contributed by atoms with Crippen LogP contribution in [0.3, 0.4) is 0 Å². The van der Waals surface area contributed by atoms with Gasteiger partial charge >= 0.3 is 0 Å². The van der Waals surface area contributed by atoms with Crippen molar-refractivity contribution in [3.05, 3.63) is 52.2 Å². The summed E-state index contributed by atoms with van der Waals surface area (Å²) in [6.07, 6.45) is 1.37. The third-order valence-electron chi connectivity index (χ3n) is 4.78. The van der Waals surface area contributed by atoms with E-state index in [4.69, 9.17) is 4.74 Å². The number of thioether (sulfide) groups is 1. The molecule has 4 rings (SSSR count). The maximum atomic E-state index is 12.2. The zero-order chi connectivity index (χ0) is 20.1. The van der Waals surface area contributed by atoms with Crippen molar-refractivity contribution in [2.45, 2.75) is 24.9 Å². The van der Waals surface area contributed by atoms with Gasteiger partial charge in [-0.05, 0) is 36.9 Å². The fourth-order valence-corrected chi connectivity index (χ4v) is 4.78. The molecule has 0 N–H and O–H groups in total. The Kier molecular flexibility index (Phi) is 6.63. The molecule has 0 aliphatic carbocycles. The van der Waals surface area contributed by atoms with Crippen molar-refractivity contribution in [1.29, 1.82) is 0 Å². The minimum Gasteiger partial charge on any atom is -0.378 e. The van der Waals surface area contributed by atoms with Crippen molar-refractivity contribution < 1.29 is 9.53 Å². The minimum absolute atomic E-state index is 0.217. The summed E-state index contributed by atoms with van der Waals surface area (Å²) in [5, 5.41) is 11.8. The van der Waals surface area contributed by atoms with E-state index in [0.29, 0.717) is 19.6 Å². The Bertz CT molecular complexity index is 932. The van der Waals surface area contributed by atoms with E-state index in [-0.39, 0.29) is 5.78 Å². The summed E-state index contributed by atoms with van der Waals surface area (Å²) in [5.74, 6) is 1.90. The number of aryl methyl sites for hydroxylation is 1. The highest BCUT2D eigenvalue weighted by atomic mass is 32.2. The molecule has 0 unspecified atom stereocenters. The Morgan fingerprint density at radius 3 is 2.69 bits per heavy atom. The fraction of sp³-hybridized carbons (Fsp3) is 0.381. The molecule has 0 radical (unpaired) electrons. The molecule has 1 aliphatic heterocycles. The van der Waals surface area contributed by atoms with Crippen molar-refractivity contribution in [1.82, 2.24) is 14.8 Å². The van der Waals surface area contributed by atoms with Crippen LogP contribution >= 0.6 is 23.1 Å². The van der Waals surface area contributed by atoms with Crippen LogP contribution in [0.25, 0.3) is 5.69 Å². The average molecular weight is 429 g/mol. The van der Waals surface area contributed by atoms with Gasteiger partial charge in [0, 0.05) is 25.3 Å². The molecule has 1 aromatic carbocycles. The topological polar surface area (TPSA) is 60.2 Å². The second-order valence-corrected chi connectivity index (χ2v) is 8.92. The number of hydrogen-bond donors (Lipinski definition) is 0. The molecule has 8 heteroatoms. The van der Waals surface area contributed by atoms with Gasteiger partial charge in [0.15, 0.2) is 10.9 Å². The number of rotatable bonds is 8. The summed E-state index contributed by atoms with van der Waals surface area (Å²) in [6.45, 7) is 5.11. The summed E-state index contributed by atoms with van der Waals surface area (Å²) in [5.41, 5.74) is 2.27. The van der Waals surface area contributed by atoms with E-state index in [1.165, 1.54) is 16.9 Å². The number of carbonyl (C=O) groups excluding carboxylic acids is 1. The maximum Gasteiger partial charge on any atom is 0.232 e. The Morgan fingerprint density at radius 2 is 1.97 bits per heavy atom. The van der Waals surface area contributed by atoms with Gasteiger partial charge in [-0.15, -0.1) is 21.5 Å². The van der Waals surface area contributed by atoms with Crippen LogP contribution in [-0.2, 0) is 4.74 Å². The molecule has 3 heterocycles. The summed E-state index contributed by atoms with van der Waals surface area (Å²) >= 11 is 3.16. The quantitative estimate of drug-likeness (QED) is 0.304. The molecule has 0 saturated carbocycles.